The summed E-state index contributed by atoms with van der Waals surface area (Å²) in [5.41, 5.74) is 4.55. The van der Waals surface area contributed by atoms with E-state index in [-0.39, 0.29) is 0 Å². The third-order valence-corrected chi connectivity index (χ3v) is 0.185. The van der Waals surface area contributed by atoms with Gasteiger partial charge in [0.05, 0.1) is 0 Å². The Kier molecular flexibility index (Phi) is 3.09. The Labute approximate surface area is 30.8 Å². The maximum absolute atomic E-state index is 4.71. The van der Waals surface area contributed by atoms with Crippen molar-refractivity contribution in [3.05, 3.63) is 12.8 Å². The number of nitrogens with two attached hydrogens (primary N) is 1. The Hall–Kier alpha value is -0.540. The van der Waals surface area contributed by atoms with Crippen molar-refractivity contribution in [3.8, 4) is 0 Å². The molecular weight excluding hydrogens is 66.0 g/mol. The number of rotatable bonds is 2. The molecule has 0 aliphatic rings. The lowest BCUT2D eigenvalue weighted by molar-refractivity contribution is 0.666. The maximum atomic E-state index is 4.71. The van der Waals surface area contributed by atoms with E-state index in [0.717, 1.165) is 0 Å². The molecule has 0 fully saturated rings. The normalized spacial score (nSPS) is 6.60. The van der Waals surface area contributed by atoms with Crippen molar-refractivity contribution < 1.29 is 0 Å². The zero-order valence-electron chi connectivity index (χ0n) is 2.86. The Morgan fingerprint density at radius 1 is 1.80 bits per heavy atom. The van der Waals surface area contributed by atoms with Crippen molar-refractivity contribution in [2.45, 2.75) is 0 Å². The highest BCUT2D eigenvalue weighted by Crippen LogP contribution is 1.31. The summed E-state index contributed by atoms with van der Waals surface area (Å²) in [7, 11) is 0. The molecule has 3 nitrogen and oxygen atoms in total. The number of hydrogen-bond acceptors (Lipinski definition) is 3. The molecule has 0 spiro atoms. The van der Waals surface area contributed by atoms with E-state index in [0.29, 0.717) is 0 Å². The highest BCUT2D eigenvalue weighted by atomic mass is 15.5. The van der Waals surface area contributed by atoms with E-state index < -0.39 is 0 Å². The number of nitrogens with one attached hydrogen (secondary N) is 2. The Bertz CT molecular complexity index is 26.1. The van der Waals surface area contributed by atoms with Crippen LogP contribution in [0, 0.1) is 0 Å². The molecule has 0 unspecified atom stereocenters. The van der Waals surface area contributed by atoms with Gasteiger partial charge in [0.15, 0.2) is 0 Å². The lowest BCUT2D eigenvalue weighted by Crippen LogP contribution is -2.32. The molecule has 0 aliphatic carbocycles. The van der Waals surface area contributed by atoms with Crippen LogP contribution in [0.3, 0.4) is 0 Å². The van der Waals surface area contributed by atoms with Crippen molar-refractivity contribution in [1.82, 2.24) is 11.0 Å². The average molecular weight is 73.1 g/mol. The zero-order valence-corrected chi connectivity index (χ0v) is 2.86. The summed E-state index contributed by atoms with van der Waals surface area (Å²) in [4.78, 5) is 0. The lowest BCUT2D eigenvalue weighted by Gasteiger charge is -1.87. The maximum Gasteiger partial charge on any atom is 0.00665 e. The highest BCUT2D eigenvalue weighted by molar-refractivity contribution is 4.54. The van der Waals surface area contributed by atoms with Crippen LogP contribution in [-0.4, -0.2) is 0 Å². The van der Waals surface area contributed by atoms with E-state index in [1.165, 1.54) is 6.20 Å². The van der Waals surface area contributed by atoms with Crippen molar-refractivity contribution in [3.63, 3.8) is 0 Å². The van der Waals surface area contributed by atoms with Crippen LogP contribution < -0.4 is 16.8 Å². The van der Waals surface area contributed by atoms with Crippen LogP contribution in [0.25, 0.3) is 0 Å². The average Bonchev–Trinajstić information content (AvgIpc) is 1.41. The van der Waals surface area contributed by atoms with Crippen LogP contribution in [0.15, 0.2) is 12.8 Å². The first-order valence-corrected chi connectivity index (χ1v) is 1.24. The Morgan fingerprint density at radius 3 is 2.40 bits per heavy atom. The first-order valence-electron chi connectivity index (χ1n) is 1.24. The molecule has 0 amide bonds. The van der Waals surface area contributed by atoms with Gasteiger partial charge in [-0.2, -0.15) is 5.53 Å². The van der Waals surface area contributed by atoms with Gasteiger partial charge in [-0.3, -0.25) is 5.84 Å². The molecule has 0 rings (SSSR count). The third-order valence-electron chi connectivity index (χ3n) is 0.185. The molecule has 0 bridgehead atoms. The summed E-state index contributed by atoms with van der Waals surface area (Å²) >= 11 is 0. The number of hydrazine groups is 2. The van der Waals surface area contributed by atoms with Gasteiger partial charge in [-0.05, 0) is 0 Å². The summed E-state index contributed by atoms with van der Waals surface area (Å²) in [6.45, 7) is 3.30. The molecule has 0 aromatic rings. The van der Waals surface area contributed by atoms with Gasteiger partial charge in [0.1, 0.15) is 0 Å². The van der Waals surface area contributed by atoms with Gasteiger partial charge in [0.2, 0.25) is 0 Å². The second-order valence-corrected chi connectivity index (χ2v) is 0.493. The monoisotopic (exact) mass is 73.1 g/mol. The van der Waals surface area contributed by atoms with Crippen LogP contribution in [0.4, 0.5) is 0 Å². The zero-order chi connectivity index (χ0) is 4.12. The van der Waals surface area contributed by atoms with Crippen LogP contribution in [0.1, 0.15) is 0 Å². The van der Waals surface area contributed by atoms with Gasteiger partial charge < -0.3 is 5.43 Å². The SMILES string of the molecule is C=CNNN. The molecule has 3 heteroatoms. The molecule has 0 saturated heterocycles. The largest absolute Gasteiger partial charge is 0.316 e. The molecule has 0 aliphatic heterocycles. The van der Waals surface area contributed by atoms with Crippen molar-refractivity contribution in [2.24, 2.45) is 5.84 Å². The minimum absolute atomic E-state index is 1.44. The van der Waals surface area contributed by atoms with E-state index in [1.807, 2.05) is 0 Å². The standard InChI is InChI=1S/C2H7N3/c1-2-4-5-3/h2,4-5H,1,3H2. The van der Waals surface area contributed by atoms with E-state index in [1.54, 1.807) is 0 Å². The van der Waals surface area contributed by atoms with E-state index >= 15 is 0 Å². The fourth-order valence-corrected chi connectivity index (χ4v) is 0.0589. The molecule has 5 heavy (non-hydrogen) atoms. The molecule has 4 N–H and O–H groups in total. The molecule has 0 aromatic carbocycles. The predicted octanol–water partition coefficient (Wildman–Crippen LogP) is -0.902. The fraction of sp³-hybridized carbons (Fsp3) is 0. The van der Waals surface area contributed by atoms with Crippen molar-refractivity contribution in [2.75, 3.05) is 0 Å². The highest BCUT2D eigenvalue weighted by Gasteiger charge is 1.48. The molecule has 0 heterocycles. The molecule has 30 valence electrons. The third kappa shape index (κ3) is 3.46. The fourth-order valence-electron chi connectivity index (χ4n) is 0.0589. The van der Waals surface area contributed by atoms with Crippen LogP contribution in [-0.2, 0) is 0 Å². The van der Waals surface area contributed by atoms with Crippen molar-refractivity contribution >= 4 is 0 Å². The predicted molar refractivity (Wildman–Crippen MR) is 20.7 cm³/mol. The summed E-state index contributed by atoms with van der Waals surface area (Å²) in [6.07, 6.45) is 1.44. The first kappa shape index (κ1) is 4.46. The summed E-state index contributed by atoms with van der Waals surface area (Å²) in [5, 5.41) is 0. The second kappa shape index (κ2) is 3.46. The second-order valence-electron chi connectivity index (χ2n) is 0.493. The van der Waals surface area contributed by atoms with Crippen LogP contribution in [0.5, 0.6) is 0 Å². The minimum atomic E-state index is 1.44. The summed E-state index contributed by atoms with van der Waals surface area (Å²) in [5.74, 6) is 4.71. The Balaban J connectivity index is 2.40. The van der Waals surface area contributed by atoms with Gasteiger partial charge in [0.25, 0.3) is 0 Å². The van der Waals surface area contributed by atoms with E-state index in [2.05, 4.69) is 17.5 Å². The molecule has 0 aromatic heterocycles. The summed E-state index contributed by atoms with van der Waals surface area (Å²) in [6, 6.07) is 0. The molecule has 0 radical (unpaired) electrons. The quantitative estimate of drug-likeness (QED) is 0.293. The van der Waals surface area contributed by atoms with Crippen LogP contribution >= 0.6 is 0 Å². The van der Waals surface area contributed by atoms with Crippen LogP contribution in [0.2, 0.25) is 0 Å². The minimum Gasteiger partial charge on any atom is -0.316 e. The van der Waals surface area contributed by atoms with Gasteiger partial charge in [-0.15, -0.1) is 0 Å². The molecule has 0 atom stereocenters. The summed E-state index contributed by atoms with van der Waals surface area (Å²) < 4.78 is 0. The van der Waals surface area contributed by atoms with Crippen molar-refractivity contribution in [1.29, 1.82) is 0 Å². The Morgan fingerprint density at radius 2 is 2.40 bits per heavy atom. The van der Waals surface area contributed by atoms with Gasteiger partial charge in [-0.1, -0.05) is 6.58 Å². The smallest absolute Gasteiger partial charge is 0.00665 e. The van der Waals surface area contributed by atoms with E-state index in [9.17, 15) is 0 Å². The molecule has 0 saturated carbocycles. The first-order chi connectivity index (χ1) is 2.41. The van der Waals surface area contributed by atoms with Gasteiger partial charge >= 0.3 is 0 Å². The van der Waals surface area contributed by atoms with Gasteiger partial charge in [0, 0.05) is 6.20 Å². The van der Waals surface area contributed by atoms with Gasteiger partial charge in [-0.25, -0.2) is 0 Å². The molecular formula is C2H7N3. The van der Waals surface area contributed by atoms with E-state index in [4.69, 9.17) is 5.84 Å². The lowest BCUT2D eigenvalue weighted by atomic mass is 11.1. The number of hydrogen-bond donors (Lipinski definition) is 3. The topological polar surface area (TPSA) is 50.1 Å².